The van der Waals surface area contributed by atoms with E-state index in [0.29, 0.717) is 11.4 Å². The predicted octanol–water partition coefficient (Wildman–Crippen LogP) is 1.12. The highest BCUT2D eigenvalue weighted by Gasteiger charge is 2.43. The van der Waals surface area contributed by atoms with Crippen LogP contribution in [0.15, 0.2) is 23.7 Å². The first-order valence-electron chi connectivity index (χ1n) is 5.42. The maximum atomic E-state index is 12.3. The molecule has 1 amide bonds. The Bertz CT molecular complexity index is 570. The third-order valence-corrected chi connectivity index (χ3v) is 3.90. The summed E-state index contributed by atoms with van der Waals surface area (Å²) in [4.78, 5) is 29.6. The van der Waals surface area contributed by atoms with Crippen molar-refractivity contribution in [3.8, 4) is 0 Å². The molecule has 0 radical (unpaired) electrons. The first kappa shape index (κ1) is 11.3. The number of methoxy groups -OCH3 is 1. The first-order chi connectivity index (χ1) is 8.74. The maximum absolute atomic E-state index is 12.3. The Hall–Kier alpha value is -1.82. The minimum absolute atomic E-state index is 0.229. The van der Waals surface area contributed by atoms with Crippen molar-refractivity contribution >= 4 is 29.3 Å². The van der Waals surface area contributed by atoms with Gasteiger partial charge in [-0.15, -0.1) is 11.8 Å². The third kappa shape index (κ3) is 1.45. The number of ether oxygens (including phenoxy) is 1. The third-order valence-electron chi connectivity index (χ3n) is 3.00. The van der Waals surface area contributed by atoms with Gasteiger partial charge in [-0.25, -0.2) is 4.79 Å². The number of amides is 1. The van der Waals surface area contributed by atoms with E-state index in [1.54, 1.807) is 12.3 Å². The lowest BCUT2D eigenvalue weighted by Gasteiger charge is -2.29. The van der Waals surface area contributed by atoms with Crippen molar-refractivity contribution in [3.05, 3.63) is 35.0 Å². The molecule has 0 unspecified atom stereocenters. The number of nitrogens with zero attached hydrogens (tertiary/aromatic N) is 2. The number of fused-ring (bicyclic) bond motifs is 3. The number of thioether (sulfide) groups is 1. The molecule has 18 heavy (non-hydrogen) atoms. The summed E-state index contributed by atoms with van der Waals surface area (Å²) >= 11 is 1.50. The van der Waals surface area contributed by atoms with Gasteiger partial charge < -0.3 is 4.74 Å². The Morgan fingerprint density at radius 1 is 1.61 bits per heavy atom. The molecule has 5 nitrogen and oxygen atoms in total. The molecular formula is C12H10N2O3S. The Kier molecular flexibility index (Phi) is 2.59. The van der Waals surface area contributed by atoms with Crippen LogP contribution in [0.5, 0.6) is 0 Å². The fourth-order valence-corrected chi connectivity index (χ4v) is 3.13. The largest absolute Gasteiger partial charge is 0.467 e. The minimum atomic E-state index is -0.568. The molecule has 0 aromatic carbocycles. The summed E-state index contributed by atoms with van der Waals surface area (Å²) in [6.07, 6.45) is 1.58. The topological polar surface area (TPSA) is 59.5 Å². The number of hydrogen-bond acceptors (Lipinski definition) is 5. The van der Waals surface area contributed by atoms with Gasteiger partial charge >= 0.3 is 5.97 Å². The van der Waals surface area contributed by atoms with Crippen molar-refractivity contribution in [3.63, 3.8) is 0 Å². The summed E-state index contributed by atoms with van der Waals surface area (Å²) < 4.78 is 4.75. The van der Waals surface area contributed by atoms with Gasteiger partial charge in [0.25, 0.3) is 5.91 Å². The fourth-order valence-electron chi connectivity index (χ4n) is 2.17. The highest BCUT2D eigenvalue weighted by atomic mass is 32.2. The summed E-state index contributed by atoms with van der Waals surface area (Å²) in [6, 6.07) is 3.05. The second-order valence-electron chi connectivity index (χ2n) is 3.95. The molecule has 0 N–H and O–H groups in total. The molecule has 92 valence electrons. The number of hydrogen-bond donors (Lipinski definition) is 0. The van der Waals surface area contributed by atoms with Crippen LogP contribution in [0.3, 0.4) is 0 Å². The van der Waals surface area contributed by atoms with Crippen LogP contribution >= 0.6 is 11.8 Å². The zero-order valence-electron chi connectivity index (χ0n) is 9.62. The molecule has 3 heterocycles. The molecule has 0 aliphatic carbocycles. The molecule has 0 spiro atoms. The summed E-state index contributed by atoms with van der Waals surface area (Å²) in [5, 5.41) is 1.89. The number of aromatic nitrogens is 1. The van der Waals surface area contributed by atoms with Crippen molar-refractivity contribution in [1.29, 1.82) is 0 Å². The van der Waals surface area contributed by atoms with Crippen LogP contribution in [0.2, 0.25) is 0 Å². The van der Waals surface area contributed by atoms with E-state index in [2.05, 4.69) is 4.98 Å². The average Bonchev–Trinajstić information content (AvgIpc) is 2.72. The van der Waals surface area contributed by atoms with E-state index in [-0.39, 0.29) is 5.91 Å². The summed E-state index contributed by atoms with van der Waals surface area (Å²) in [5.74, 6) is -0.114. The predicted molar refractivity (Wildman–Crippen MR) is 66.6 cm³/mol. The fraction of sp³-hybridized carbons (Fsp3) is 0.250. The van der Waals surface area contributed by atoms with Gasteiger partial charge in [-0.1, -0.05) is 0 Å². The van der Waals surface area contributed by atoms with Crippen molar-refractivity contribution in [2.75, 3.05) is 12.9 Å². The van der Waals surface area contributed by atoms with Crippen molar-refractivity contribution < 1.29 is 14.3 Å². The van der Waals surface area contributed by atoms with E-state index in [4.69, 9.17) is 4.74 Å². The Morgan fingerprint density at radius 3 is 3.22 bits per heavy atom. The summed E-state index contributed by atoms with van der Waals surface area (Å²) in [7, 11) is 1.33. The smallest absolute Gasteiger partial charge is 0.329 e. The Balaban J connectivity index is 2.09. The SMILES string of the molecule is COC(=O)[C@@H]1CSC=C2c3cccnc3C(=O)N21. The van der Waals surface area contributed by atoms with Crippen LogP contribution in [0, 0.1) is 0 Å². The zero-order chi connectivity index (χ0) is 12.7. The van der Waals surface area contributed by atoms with Gasteiger partial charge in [0.05, 0.1) is 12.8 Å². The van der Waals surface area contributed by atoms with Crippen LogP contribution in [0.4, 0.5) is 0 Å². The van der Waals surface area contributed by atoms with Crippen LogP contribution in [-0.4, -0.2) is 40.7 Å². The van der Waals surface area contributed by atoms with E-state index in [1.807, 2.05) is 11.5 Å². The number of carbonyl (C=O) groups excluding carboxylic acids is 2. The molecule has 0 bridgehead atoms. The monoisotopic (exact) mass is 262 g/mol. The van der Waals surface area contributed by atoms with Gasteiger partial charge in [0.1, 0.15) is 11.7 Å². The van der Waals surface area contributed by atoms with Crippen molar-refractivity contribution in [1.82, 2.24) is 9.88 Å². The van der Waals surface area contributed by atoms with E-state index in [9.17, 15) is 9.59 Å². The summed E-state index contributed by atoms with van der Waals surface area (Å²) in [5.41, 5.74) is 1.93. The number of pyridine rings is 1. The quantitative estimate of drug-likeness (QED) is 0.710. The lowest BCUT2D eigenvalue weighted by molar-refractivity contribution is -0.144. The van der Waals surface area contributed by atoms with Gasteiger partial charge in [0.2, 0.25) is 0 Å². The maximum Gasteiger partial charge on any atom is 0.329 e. The van der Waals surface area contributed by atoms with Gasteiger partial charge in [0.15, 0.2) is 0 Å². The second kappa shape index (κ2) is 4.13. The first-order valence-corrected chi connectivity index (χ1v) is 6.47. The Labute approximate surface area is 108 Å². The molecule has 1 aromatic heterocycles. The number of carbonyl (C=O) groups is 2. The molecule has 0 saturated heterocycles. The zero-order valence-corrected chi connectivity index (χ0v) is 10.4. The molecule has 2 aliphatic rings. The van der Waals surface area contributed by atoms with E-state index >= 15 is 0 Å². The molecule has 0 fully saturated rings. The highest BCUT2D eigenvalue weighted by molar-refractivity contribution is 8.02. The molecule has 3 rings (SSSR count). The van der Waals surface area contributed by atoms with Crippen LogP contribution < -0.4 is 0 Å². The molecule has 1 atom stereocenters. The molecule has 0 saturated carbocycles. The van der Waals surface area contributed by atoms with Crippen molar-refractivity contribution in [2.24, 2.45) is 0 Å². The number of esters is 1. The van der Waals surface area contributed by atoms with Gasteiger partial charge in [-0.3, -0.25) is 14.7 Å². The molecule has 2 aliphatic heterocycles. The number of rotatable bonds is 1. The summed E-state index contributed by atoms with van der Waals surface area (Å²) in [6.45, 7) is 0. The minimum Gasteiger partial charge on any atom is -0.467 e. The lowest BCUT2D eigenvalue weighted by atomic mass is 10.2. The molecule has 6 heteroatoms. The highest BCUT2D eigenvalue weighted by Crippen LogP contribution is 2.38. The van der Waals surface area contributed by atoms with Crippen LogP contribution in [0.1, 0.15) is 16.1 Å². The van der Waals surface area contributed by atoms with Crippen LogP contribution in [0.25, 0.3) is 5.70 Å². The van der Waals surface area contributed by atoms with E-state index in [1.165, 1.54) is 23.8 Å². The standard InChI is InChI=1S/C12H10N2O3S/c1-17-12(16)9-6-18-5-8-7-3-2-4-13-10(7)11(15)14(8)9/h2-5,9H,6H2,1H3/t9-/m0/s1. The lowest BCUT2D eigenvalue weighted by Crippen LogP contribution is -2.44. The van der Waals surface area contributed by atoms with Crippen molar-refractivity contribution in [2.45, 2.75) is 6.04 Å². The normalized spacial score (nSPS) is 21.2. The van der Waals surface area contributed by atoms with E-state index in [0.717, 1.165) is 11.3 Å². The second-order valence-corrected chi connectivity index (χ2v) is 4.85. The van der Waals surface area contributed by atoms with E-state index < -0.39 is 12.0 Å². The molecular weight excluding hydrogens is 252 g/mol. The Morgan fingerprint density at radius 2 is 2.44 bits per heavy atom. The van der Waals surface area contributed by atoms with Gasteiger partial charge in [0, 0.05) is 17.5 Å². The van der Waals surface area contributed by atoms with Crippen LogP contribution in [-0.2, 0) is 9.53 Å². The molecule has 1 aromatic rings. The average molecular weight is 262 g/mol. The van der Waals surface area contributed by atoms with Gasteiger partial charge in [-0.2, -0.15) is 0 Å². The van der Waals surface area contributed by atoms with Gasteiger partial charge in [-0.05, 0) is 17.5 Å².